The lowest BCUT2D eigenvalue weighted by atomic mass is 9.96. The van der Waals surface area contributed by atoms with Crippen LogP contribution < -0.4 is 5.14 Å². The highest BCUT2D eigenvalue weighted by molar-refractivity contribution is 8.00. The number of nitrogens with zero attached hydrogens (tertiary/aromatic N) is 3. The number of aromatic nitrogens is 3. The fourth-order valence-electron chi connectivity index (χ4n) is 5.59. The molecule has 2 aromatic heterocycles. The maximum atomic E-state index is 15.1. The summed E-state index contributed by atoms with van der Waals surface area (Å²) in [5, 5.41) is 32.7. The van der Waals surface area contributed by atoms with Gasteiger partial charge in [0.05, 0.1) is 21.8 Å². The van der Waals surface area contributed by atoms with Crippen LogP contribution in [-0.4, -0.2) is 47.0 Å². The molecule has 8 nitrogen and oxygen atoms in total. The first kappa shape index (κ1) is 30.3. The average Bonchev–Trinajstić information content (AvgIpc) is 3.30. The second kappa shape index (κ2) is 11.6. The number of aliphatic hydroxyl groups is 1. The quantitative estimate of drug-likeness (QED) is 0.158. The van der Waals surface area contributed by atoms with Crippen LogP contribution in [0.2, 0.25) is 0 Å². The second-order valence-electron chi connectivity index (χ2n) is 11.8. The van der Waals surface area contributed by atoms with Crippen molar-refractivity contribution >= 4 is 27.4 Å². The predicted octanol–water partition coefficient (Wildman–Crippen LogP) is 5.05. The minimum atomic E-state index is -3.32. The number of carboxylic acids is 1. The van der Waals surface area contributed by atoms with E-state index in [1.807, 2.05) is 0 Å². The summed E-state index contributed by atoms with van der Waals surface area (Å²) in [6, 6.07) is 8.93. The van der Waals surface area contributed by atoms with E-state index in [-0.39, 0.29) is 22.6 Å². The Morgan fingerprint density at radius 2 is 1.93 bits per heavy atom. The van der Waals surface area contributed by atoms with Gasteiger partial charge >= 0.3 is 5.97 Å². The van der Waals surface area contributed by atoms with Crippen molar-refractivity contribution in [2.45, 2.75) is 61.9 Å². The van der Waals surface area contributed by atoms with E-state index in [2.05, 4.69) is 16.8 Å². The van der Waals surface area contributed by atoms with Crippen molar-refractivity contribution in [3.05, 3.63) is 81.5 Å². The molecule has 0 radical (unpaired) electrons. The van der Waals surface area contributed by atoms with E-state index < -0.39 is 33.3 Å². The first-order chi connectivity index (χ1) is 20.9. The minimum Gasteiger partial charge on any atom is -0.476 e. The van der Waals surface area contributed by atoms with E-state index >= 15 is 4.39 Å². The topological polar surface area (TPSA) is 131 Å². The second-order valence-corrected chi connectivity index (χ2v) is 15.1. The minimum absolute atomic E-state index is 0.0370. The standard InChI is InChI=1S/C32H32F2N4O4S2/c1-44(35,42)28-9-6-20(15-25(28)34)14-23-27(16-19-4-5-19)38(31-36-26(18-43-31)30(39)40)37-29(23)22-7-8-24(33)21(17-22)10-13-32(41)11-2-3-12-32/h6-9,15,17-19,41,44H,2-5,11-12,14,16H2,1H3,(H2,35,42)(H,39,40). The van der Waals surface area contributed by atoms with Crippen molar-refractivity contribution < 1.29 is 28.0 Å². The molecule has 230 valence electrons. The van der Waals surface area contributed by atoms with E-state index in [0.717, 1.165) is 48.3 Å². The largest absolute Gasteiger partial charge is 0.476 e. The number of nitrogens with two attached hydrogens (primary N) is 1. The number of carbonyl (C=O) groups is 1. The number of aromatic carboxylic acids is 1. The van der Waals surface area contributed by atoms with Gasteiger partial charge < -0.3 is 10.2 Å². The lowest BCUT2D eigenvalue weighted by Crippen LogP contribution is -2.22. The molecular formula is C32H32F2N4O4S2. The summed E-state index contributed by atoms with van der Waals surface area (Å²) in [4.78, 5) is 15.9. The van der Waals surface area contributed by atoms with Gasteiger partial charge in [0.1, 0.15) is 17.2 Å². The van der Waals surface area contributed by atoms with Crippen LogP contribution in [0, 0.1) is 29.4 Å². The highest BCUT2D eigenvalue weighted by atomic mass is 32.3. The van der Waals surface area contributed by atoms with Crippen molar-refractivity contribution in [2.24, 2.45) is 11.1 Å². The molecule has 2 saturated carbocycles. The van der Waals surface area contributed by atoms with Gasteiger partial charge in [-0.25, -0.2) is 23.2 Å². The Balaban J connectivity index is 1.50. The molecule has 44 heavy (non-hydrogen) atoms. The van der Waals surface area contributed by atoms with Crippen LogP contribution in [0.3, 0.4) is 0 Å². The Morgan fingerprint density at radius 3 is 2.57 bits per heavy atom. The van der Waals surface area contributed by atoms with Gasteiger partial charge in [-0.05, 0) is 96.9 Å². The van der Waals surface area contributed by atoms with Crippen LogP contribution >= 0.6 is 11.3 Å². The van der Waals surface area contributed by atoms with E-state index in [1.54, 1.807) is 22.9 Å². The van der Waals surface area contributed by atoms with Crippen molar-refractivity contribution in [1.82, 2.24) is 14.8 Å². The summed E-state index contributed by atoms with van der Waals surface area (Å²) in [6.45, 7) is 0. The monoisotopic (exact) mass is 638 g/mol. The van der Waals surface area contributed by atoms with Crippen LogP contribution in [0.5, 0.6) is 0 Å². The maximum absolute atomic E-state index is 15.1. The Kier molecular flexibility index (Phi) is 8.00. The third-order valence-electron chi connectivity index (χ3n) is 8.13. The molecule has 2 heterocycles. The van der Waals surface area contributed by atoms with Crippen molar-refractivity contribution in [1.29, 1.82) is 0 Å². The van der Waals surface area contributed by atoms with Gasteiger partial charge in [0.2, 0.25) is 5.13 Å². The third-order valence-corrected chi connectivity index (χ3v) is 10.3. The summed E-state index contributed by atoms with van der Waals surface area (Å²) in [5.74, 6) is 3.76. The fraction of sp³-hybridized carbons (Fsp3) is 0.344. The van der Waals surface area contributed by atoms with Gasteiger partial charge in [-0.15, -0.1) is 11.3 Å². The van der Waals surface area contributed by atoms with E-state index in [9.17, 15) is 23.6 Å². The summed E-state index contributed by atoms with van der Waals surface area (Å²) >= 11 is 1.14. The molecule has 0 unspecified atom stereocenters. The Morgan fingerprint density at radius 1 is 1.18 bits per heavy atom. The molecule has 4 N–H and O–H groups in total. The van der Waals surface area contributed by atoms with Crippen molar-refractivity contribution in [3.63, 3.8) is 0 Å². The molecular weight excluding hydrogens is 607 g/mol. The Bertz CT molecular complexity index is 1870. The molecule has 4 aromatic rings. The predicted molar refractivity (Wildman–Crippen MR) is 165 cm³/mol. The summed E-state index contributed by atoms with van der Waals surface area (Å²) in [5.41, 5.74) is 2.08. The SMILES string of the molecule is C[SH](N)(=O)c1ccc(Cc2c(-c3ccc(F)c(C#CC4(O)CCCC4)c3)nn(-c3nc(C(=O)O)cs3)c2CC2CC2)cc1F. The molecule has 0 aliphatic heterocycles. The van der Waals surface area contributed by atoms with Gasteiger partial charge in [0, 0.05) is 29.2 Å². The molecule has 0 amide bonds. The number of benzene rings is 2. The number of hydrogen-bond donors (Lipinski definition) is 4. The average molecular weight is 639 g/mol. The van der Waals surface area contributed by atoms with Gasteiger partial charge in [0.15, 0.2) is 5.69 Å². The van der Waals surface area contributed by atoms with Crippen LogP contribution in [0.4, 0.5) is 8.78 Å². The van der Waals surface area contributed by atoms with Gasteiger partial charge in [-0.1, -0.05) is 17.9 Å². The highest BCUT2D eigenvalue weighted by Gasteiger charge is 2.31. The molecule has 2 aliphatic carbocycles. The van der Waals surface area contributed by atoms with Crippen LogP contribution in [-0.2, 0) is 23.0 Å². The molecule has 0 atom stereocenters. The van der Waals surface area contributed by atoms with Gasteiger partial charge in [-0.3, -0.25) is 9.35 Å². The number of rotatable bonds is 8. The van der Waals surface area contributed by atoms with Crippen LogP contribution in [0.1, 0.15) is 71.4 Å². The van der Waals surface area contributed by atoms with Crippen molar-refractivity contribution in [2.75, 3.05) is 6.26 Å². The molecule has 6 rings (SSSR count). The molecule has 0 spiro atoms. The first-order valence-electron chi connectivity index (χ1n) is 14.4. The summed E-state index contributed by atoms with van der Waals surface area (Å²) in [6.07, 6.45) is 7.05. The zero-order valence-corrected chi connectivity index (χ0v) is 25.7. The molecule has 2 aliphatic rings. The number of thiazole rings is 1. The smallest absolute Gasteiger partial charge is 0.355 e. The molecule has 12 heteroatoms. The first-order valence-corrected chi connectivity index (χ1v) is 17.5. The van der Waals surface area contributed by atoms with Crippen LogP contribution in [0.15, 0.2) is 46.7 Å². The highest BCUT2D eigenvalue weighted by Crippen LogP contribution is 2.38. The van der Waals surface area contributed by atoms with E-state index in [1.165, 1.54) is 29.8 Å². The van der Waals surface area contributed by atoms with Gasteiger partial charge in [0.25, 0.3) is 0 Å². The molecule has 2 fully saturated rings. The van der Waals surface area contributed by atoms with E-state index in [0.29, 0.717) is 47.1 Å². The van der Waals surface area contributed by atoms with Crippen molar-refractivity contribution in [3.8, 4) is 28.2 Å². The van der Waals surface area contributed by atoms with Gasteiger partial charge in [-0.2, -0.15) is 5.10 Å². The number of hydrogen-bond acceptors (Lipinski definition) is 6. The Hall–Kier alpha value is -3.76. The summed E-state index contributed by atoms with van der Waals surface area (Å²) in [7, 11) is -3.32. The number of halogens is 2. The maximum Gasteiger partial charge on any atom is 0.355 e. The summed E-state index contributed by atoms with van der Waals surface area (Å²) < 4.78 is 44.1. The van der Waals surface area contributed by atoms with E-state index in [4.69, 9.17) is 10.2 Å². The zero-order valence-electron chi connectivity index (χ0n) is 24.0. The molecule has 2 aromatic carbocycles. The molecule has 0 saturated heterocycles. The third kappa shape index (κ3) is 6.37. The van der Waals surface area contributed by atoms with Crippen LogP contribution in [0.25, 0.3) is 16.4 Å². The fourth-order valence-corrected chi connectivity index (χ4v) is 7.22. The zero-order chi connectivity index (χ0) is 31.2. The number of thiol groups is 1. The normalized spacial score (nSPS) is 16.5. The molecule has 0 bridgehead atoms. The lowest BCUT2D eigenvalue weighted by Gasteiger charge is -2.15. The lowest BCUT2D eigenvalue weighted by molar-refractivity contribution is 0.0691. The Labute approximate surface area is 258 Å². The number of carboxylic acid groups (broad SMARTS) is 1.